The summed E-state index contributed by atoms with van der Waals surface area (Å²) in [6, 6.07) is 2.95. The van der Waals surface area contributed by atoms with Crippen molar-refractivity contribution in [2.45, 2.75) is 92.6 Å². The number of nitro benzene ring substituents is 2. The number of carbonyl (C=O) groups excluding carboxylic acids is 1. The van der Waals surface area contributed by atoms with E-state index in [-0.39, 0.29) is 17.1 Å². The molecule has 1 aromatic carbocycles. The number of allylic oxidation sites excluding steroid dienone is 5. The summed E-state index contributed by atoms with van der Waals surface area (Å²) < 4.78 is 5.80. The van der Waals surface area contributed by atoms with Gasteiger partial charge < -0.3 is 4.74 Å². The maximum absolute atomic E-state index is 13.0. The maximum atomic E-state index is 13.0. The summed E-state index contributed by atoms with van der Waals surface area (Å²) in [4.78, 5) is 34.1. The van der Waals surface area contributed by atoms with Gasteiger partial charge in [-0.05, 0) is 84.9 Å². The quantitative estimate of drug-likeness (QED) is 0.129. The van der Waals surface area contributed by atoms with Gasteiger partial charge in [-0.15, -0.1) is 0 Å². The predicted octanol–water partition coefficient (Wildman–Crippen LogP) is 9.01. The monoisotopic (exact) mass is 590 g/mol. The average molecular weight is 591 g/mol. The Morgan fingerprint density at radius 2 is 1.58 bits per heavy atom. The van der Waals surface area contributed by atoms with E-state index in [9.17, 15) is 25.0 Å². The lowest BCUT2D eigenvalue weighted by atomic mass is 9.50. The van der Waals surface area contributed by atoms with E-state index in [0.717, 1.165) is 24.6 Å². The molecule has 0 saturated heterocycles. The number of rotatable bonds is 8. The molecule has 8 heteroatoms. The lowest BCUT2D eigenvalue weighted by molar-refractivity contribution is -0.394. The molecule has 0 aromatic heterocycles. The minimum Gasteiger partial charge on any atom is -0.458 e. The first-order valence-electron chi connectivity index (χ1n) is 16.0. The Kier molecular flexibility index (Phi) is 8.45. The zero-order valence-electron chi connectivity index (χ0n) is 26.4. The van der Waals surface area contributed by atoms with Gasteiger partial charge in [-0.2, -0.15) is 0 Å². The lowest BCUT2D eigenvalue weighted by Gasteiger charge is -2.55. The molecule has 0 heterocycles. The number of nitrogens with zero attached hydrogens (tertiary/aromatic N) is 2. The SMILES string of the molecule is CC(C)[C@@H](C)/C=C/[C@@H](C)[C@@H]1CC[C@@H]2C3=CC=C4C[C@H](OC(=O)c5cc([N+](=O)[O-])cc([N+](=O)[O-])c5)CC[C@@]4(C)[C@H]3CC[C@]21C. The molecule has 1 aromatic rings. The van der Waals surface area contributed by atoms with Crippen molar-refractivity contribution in [3.8, 4) is 0 Å². The number of ether oxygens (including phenoxy) is 1. The average Bonchev–Trinajstić information content (AvgIpc) is 3.32. The summed E-state index contributed by atoms with van der Waals surface area (Å²) in [6.07, 6.45) is 16.3. The van der Waals surface area contributed by atoms with Crippen LogP contribution in [0.4, 0.5) is 11.4 Å². The van der Waals surface area contributed by atoms with Gasteiger partial charge in [0.1, 0.15) is 6.10 Å². The Labute approximate surface area is 255 Å². The number of carbonyl (C=O) groups is 1. The molecule has 0 N–H and O–H groups in total. The van der Waals surface area contributed by atoms with Crippen molar-refractivity contribution in [2.75, 3.05) is 0 Å². The smallest absolute Gasteiger partial charge is 0.338 e. The second kappa shape index (κ2) is 11.7. The van der Waals surface area contributed by atoms with E-state index in [4.69, 9.17) is 4.74 Å². The number of non-ortho nitro benzene ring substituents is 2. The number of fused-ring (bicyclic) bond motifs is 5. The highest BCUT2D eigenvalue weighted by Crippen LogP contribution is 2.66. The van der Waals surface area contributed by atoms with E-state index in [0.29, 0.717) is 53.8 Å². The number of esters is 1. The summed E-state index contributed by atoms with van der Waals surface area (Å²) in [7, 11) is 0. The molecule has 43 heavy (non-hydrogen) atoms. The summed E-state index contributed by atoms with van der Waals surface area (Å²) in [5, 5.41) is 22.6. The summed E-state index contributed by atoms with van der Waals surface area (Å²) in [6.45, 7) is 14.2. The van der Waals surface area contributed by atoms with Crippen LogP contribution in [0.5, 0.6) is 0 Å². The first-order valence-corrected chi connectivity index (χ1v) is 16.0. The molecule has 3 saturated carbocycles. The molecule has 4 aliphatic carbocycles. The molecule has 0 bridgehead atoms. The highest BCUT2D eigenvalue weighted by molar-refractivity contribution is 5.91. The minimum absolute atomic E-state index is 0.0228. The van der Waals surface area contributed by atoms with Crippen LogP contribution in [0.15, 0.2) is 53.6 Å². The van der Waals surface area contributed by atoms with Crippen LogP contribution in [0, 0.1) is 66.6 Å². The lowest BCUT2D eigenvalue weighted by Crippen LogP contribution is -2.46. The van der Waals surface area contributed by atoms with E-state index >= 15 is 0 Å². The first kappa shape index (κ1) is 31.1. The first-order chi connectivity index (χ1) is 20.2. The number of hydrogen-bond acceptors (Lipinski definition) is 6. The molecule has 0 aliphatic heterocycles. The van der Waals surface area contributed by atoms with E-state index in [2.05, 4.69) is 65.8 Å². The highest BCUT2D eigenvalue weighted by atomic mass is 16.6. The van der Waals surface area contributed by atoms with Crippen molar-refractivity contribution >= 4 is 17.3 Å². The molecule has 0 radical (unpaired) electrons. The molecule has 232 valence electrons. The summed E-state index contributed by atoms with van der Waals surface area (Å²) >= 11 is 0. The number of hydrogen-bond donors (Lipinski definition) is 0. The van der Waals surface area contributed by atoms with Gasteiger partial charge in [-0.3, -0.25) is 20.2 Å². The third-order valence-electron chi connectivity index (χ3n) is 11.8. The number of benzene rings is 1. The van der Waals surface area contributed by atoms with Gasteiger partial charge in [-0.1, -0.05) is 77.0 Å². The second-order valence-corrected chi connectivity index (χ2v) is 14.5. The third-order valence-corrected chi connectivity index (χ3v) is 11.8. The van der Waals surface area contributed by atoms with Gasteiger partial charge >= 0.3 is 5.97 Å². The van der Waals surface area contributed by atoms with Crippen LogP contribution in [0.25, 0.3) is 0 Å². The minimum atomic E-state index is -0.760. The van der Waals surface area contributed by atoms with E-state index in [1.165, 1.54) is 31.3 Å². The normalized spacial score (nSPS) is 33.1. The summed E-state index contributed by atoms with van der Waals surface area (Å²) in [5.74, 6) is 2.83. The van der Waals surface area contributed by atoms with Crippen LogP contribution in [-0.4, -0.2) is 21.9 Å². The summed E-state index contributed by atoms with van der Waals surface area (Å²) in [5.41, 5.74) is 2.08. The van der Waals surface area contributed by atoms with Gasteiger partial charge in [0.25, 0.3) is 11.4 Å². The standard InChI is InChI=1S/C35H46N2O6/c1-21(2)22(3)7-8-23(4)30-11-12-31-29-10-9-25-19-28(13-15-34(25,5)32(29)14-16-35(30,31)6)43-33(38)24-17-26(36(39)40)20-27(18-24)37(41)42/h7-10,17-18,20-23,28,30-32H,11-16,19H2,1-6H3/b8-7+/t22-,23+,28+,30-,31+,32-,34+,35-/m0/s1. The Hall–Kier alpha value is -3.29. The van der Waals surface area contributed by atoms with Gasteiger partial charge in [-0.25, -0.2) is 4.79 Å². The molecule has 4 aliphatic rings. The fraction of sp³-hybridized carbons (Fsp3) is 0.629. The molecule has 0 amide bonds. The molecule has 8 atom stereocenters. The molecule has 0 unspecified atom stereocenters. The second-order valence-electron chi connectivity index (χ2n) is 14.5. The zero-order valence-corrected chi connectivity index (χ0v) is 26.4. The largest absolute Gasteiger partial charge is 0.458 e. The maximum Gasteiger partial charge on any atom is 0.338 e. The highest BCUT2D eigenvalue weighted by Gasteiger charge is 2.57. The Morgan fingerprint density at radius 1 is 0.907 bits per heavy atom. The Bertz CT molecular complexity index is 1360. The van der Waals surface area contributed by atoms with Crippen LogP contribution in [0.2, 0.25) is 0 Å². The fourth-order valence-electron chi connectivity index (χ4n) is 8.82. The van der Waals surface area contributed by atoms with Crippen LogP contribution < -0.4 is 0 Å². The van der Waals surface area contributed by atoms with E-state index < -0.39 is 27.2 Å². The van der Waals surface area contributed by atoms with Crippen molar-refractivity contribution in [1.82, 2.24) is 0 Å². The van der Waals surface area contributed by atoms with Gasteiger partial charge in [0.2, 0.25) is 0 Å². The zero-order chi connectivity index (χ0) is 31.3. The Morgan fingerprint density at radius 3 is 2.21 bits per heavy atom. The van der Waals surface area contributed by atoms with Crippen molar-refractivity contribution in [2.24, 2.45) is 46.3 Å². The predicted molar refractivity (Wildman–Crippen MR) is 166 cm³/mol. The van der Waals surface area contributed by atoms with Gasteiger partial charge in [0.05, 0.1) is 21.5 Å². The molecule has 8 nitrogen and oxygen atoms in total. The number of nitro groups is 2. The van der Waals surface area contributed by atoms with E-state index in [1.807, 2.05) is 0 Å². The van der Waals surface area contributed by atoms with Crippen LogP contribution in [-0.2, 0) is 4.74 Å². The van der Waals surface area contributed by atoms with Crippen molar-refractivity contribution in [1.29, 1.82) is 0 Å². The van der Waals surface area contributed by atoms with Crippen LogP contribution in [0.3, 0.4) is 0 Å². The molecular weight excluding hydrogens is 544 g/mol. The van der Waals surface area contributed by atoms with Crippen LogP contribution in [0.1, 0.15) is 96.8 Å². The molecule has 3 fully saturated rings. The molecule has 5 rings (SSSR count). The topological polar surface area (TPSA) is 113 Å². The van der Waals surface area contributed by atoms with Gasteiger partial charge in [0.15, 0.2) is 0 Å². The third kappa shape index (κ3) is 5.69. The van der Waals surface area contributed by atoms with Crippen molar-refractivity contribution < 1.29 is 19.4 Å². The fourth-order valence-corrected chi connectivity index (χ4v) is 8.82. The Balaban J connectivity index is 1.31. The molecule has 0 spiro atoms. The van der Waals surface area contributed by atoms with Gasteiger partial charge in [0, 0.05) is 18.6 Å². The van der Waals surface area contributed by atoms with Crippen molar-refractivity contribution in [3.05, 3.63) is 79.4 Å². The molecular formula is C35H46N2O6. The van der Waals surface area contributed by atoms with Crippen molar-refractivity contribution in [3.63, 3.8) is 0 Å². The van der Waals surface area contributed by atoms with E-state index in [1.54, 1.807) is 5.57 Å². The van der Waals surface area contributed by atoms with Crippen LogP contribution >= 0.6 is 0 Å².